The van der Waals surface area contributed by atoms with Gasteiger partial charge < -0.3 is 14.2 Å². The lowest BCUT2D eigenvalue weighted by atomic mass is 10.1. The van der Waals surface area contributed by atoms with Gasteiger partial charge in [0, 0.05) is 20.2 Å². The van der Waals surface area contributed by atoms with E-state index >= 15 is 0 Å². The maximum Gasteiger partial charge on any atom is 0.293 e. The maximum atomic E-state index is 13.2. The molecule has 1 saturated heterocycles. The van der Waals surface area contributed by atoms with E-state index in [1.165, 1.54) is 4.90 Å². The highest BCUT2D eigenvalue weighted by atomic mass is 127. The Morgan fingerprint density at radius 1 is 1.06 bits per heavy atom. The molecule has 0 aliphatic carbocycles. The SMILES string of the molecule is O=C1S/C(=C\c2cc(I)cc(I)c2OCc2ccccc2)C(=O)N1Cc1cc2c(cc1Cl)OCO2. The standard InChI is InChI=1S/C25H16ClI2NO5S/c26-18-10-21-20(33-13-34-21)7-16(18)11-29-24(30)22(35-25(29)31)8-15-6-17(27)9-19(28)23(15)32-12-14-4-2-1-3-5-14/h1-10H,11-13H2/b22-8-. The Hall–Kier alpha value is -1.96. The van der Waals surface area contributed by atoms with E-state index in [1.54, 1.807) is 18.2 Å². The summed E-state index contributed by atoms with van der Waals surface area (Å²) in [4.78, 5) is 27.5. The Morgan fingerprint density at radius 3 is 2.57 bits per heavy atom. The van der Waals surface area contributed by atoms with Crippen LogP contribution in [0.3, 0.4) is 0 Å². The number of fused-ring (bicyclic) bond motifs is 1. The van der Waals surface area contributed by atoms with Gasteiger partial charge in [-0.3, -0.25) is 14.5 Å². The number of halogens is 3. The first-order valence-corrected chi connectivity index (χ1v) is 13.7. The van der Waals surface area contributed by atoms with Crippen LogP contribution in [0, 0.1) is 7.14 Å². The number of hydrogen-bond acceptors (Lipinski definition) is 6. The van der Waals surface area contributed by atoms with Crippen molar-refractivity contribution in [2.24, 2.45) is 0 Å². The van der Waals surface area contributed by atoms with Crippen LogP contribution in [0.25, 0.3) is 6.08 Å². The van der Waals surface area contributed by atoms with E-state index < -0.39 is 0 Å². The molecule has 2 aliphatic rings. The fraction of sp³-hybridized carbons (Fsp3) is 0.120. The first-order chi connectivity index (χ1) is 16.9. The molecule has 2 amide bonds. The topological polar surface area (TPSA) is 65.1 Å². The first kappa shape index (κ1) is 24.7. The third kappa shape index (κ3) is 5.42. The number of nitrogens with zero attached hydrogens (tertiary/aromatic N) is 1. The molecule has 0 atom stereocenters. The number of carbonyl (C=O) groups is 2. The van der Waals surface area contributed by atoms with Crippen molar-refractivity contribution in [1.29, 1.82) is 0 Å². The molecule has 0 bridgehead atoms. The molecule has 3 aromatic rings. The number of imide groups is 1. The van der Waals surface area contributed by atoms with Crippen LogP contribution in [0.5, 0.6) is 17.2 Å². The van der Waals surface area contributed by atoms with Crippen molar-refractivity contribution in [3.05, 3.63) is 88.4 Å². The number of hydrogen-bond donors (Lipinski definition) is 0. The van der Waals surface area contributed by atoms with Crippen molar-refractivity contribution in [3.8, 4) is 17.2 Å². The van der Waals surface area contributed by atoms with Crippen LogP contribution in [0.15, 0.2) is 59.5 Å². The molecule has 0 radical (unpaired) electrons. The van der Waals surface area contributed by atoms with Gasteiger partial charge >= 0.3 is 0 Å². The fourth-order valence-corrected chi connectivity index (χ4v) is 6.69. The quantitative estimate of drug-likeness (QED) is 0.199. The Balaban J connectivity index is 1.40. The van der Waals surface area contributed by atoms with Crippen LogP contribution in [-0.2, 0) is 17.9 Å². The number of ether oxygens (including phenoxy) is 3. The second kappa shape index (κ2) is 10.6. The minimum absolute atomic E-state index is 0.0404. The first-order valence-electron chi connectivity index (χ1n) is 10.4. The molecule has 0 unspecified atom stereocenters. The third-order valence-corrected chi connectivity index (χ3v) is 7.98. The van der Waals surface area contributed by atoms with Gasteiger partial charge in [0.05, 0.1) is 15.0 Å². The second-order valence-corrected chi connectivity index (χ2v) is 11.5. The maximum absolute atomic E-state index is 13.2. The lowest BCUT2D eigenvalue weighted by Gasteiger charge is -2.14. The molecule has 35 heavy (non-hydrogen) atoms. The van der Waals surface area contributed by atoms with Gasteiger partial charge in [-0.15, -0.1) is 0 Å². The zero-order valence-corrected chi connectivity index (χ0v) is 23.8. The zero-order chi connectivity index (χ0) is 24.5. The van der Waals surface area contributed by atoms with Crippen molar-refractivity contribution < 1.29 is 23.8 Å². The average molecular weight is 732 g/mol. The predicted octanol–water partition coefficient (Wildman–Crippen LogP) is 7.09. The van der Waals surface area contributed by atoms with Crippen LogP contribution < -0.4 is 14.2 Å². The Labute approximate surface area is 238 Å². The molecule has 1 fully saturated rings. The molecule has 0 saturated carbocycles. The summed E-state index contributed by atoms with van der Waals surface area (Å²) in [5, 5.41) is 0.0445. The van der Waals surface area contributed by atoms with Crippen molar-refractivity contribution >= 4 is 85.8 Å². The summed E-state index contributed by atoms with van der Waals surface area (Å²) in [6, 6.07) is 17.1. The average Bonchev–Trinajstić information content (AvgIpc) is 3.38. The van der Waals surface area contributed by atoms with Crippen LogP contribution in [0.2, 0.25) is 5.02 Å². The molecule has 0 spiro atoms. The van der Waals surface area contributed by atoms with Gasteiger partial charge in [0.2, 0.25) is 6.79 Å². The second-order valence-electron chi connectivity index (χ2n) is 7.64. The van der Waals surface area contributed by atoms with E-state index in [9.17, 15) is 9.59 Å². The third-order valence-electron chi connectivity index (χ3n) is 5.29. The summed E-state index contributed by atoms with van der Waals surface area (Å²) in [6.07, 6.45) is 1.72. The van der Waals surface area contributed by atoms with Crippen LogP contribution in [0.4, 0.5) is 4.79 Å². The summed E-state index contributed by atoms with van der Waals surface area (Å²) in [6.45, 7) is 0.545. The summed E-state index contributed by atoms with van der Waals surface area (Å²) in [5.74, 6) is 1.38. The molecule has 3 aromatic carbocycles. The molecule has 6 nitrogen and oxygen atoms in total. The van der Waals surface area contributed by atoms with Crippen molar-refractivity contribution in [2.45, 2.75) is 13.2 Å². The Kier molecular flexibility index (Phi) is 7.47. The highest BCUT2D eigenvalue weighted by Crippen LogP contribution is 2.40. The lowest BCUT2D eigenvalue weighted by Crippen LogP contribution is -2.27. The van der Waals surface area contributed by atoms with Gasteiger partial charge in [0.25, 0.3) is 11.1 Å². The predicted molar refractivity (Wildman–Crippen MR) is 152 cm³/mol. The van der Waals surface area contributed by atoms with E-state index in [2.05, 4.69) is 45.2 Å². The van der Waals surface area contributed by atoms with Gasteiger partial charge in [0.15, 0.2) is 11.5 Å². The van der Waals surface area contributed by atoms with E-state index in [-0.39, 0.29) is 24.5 Å². The molecule has 178 valence electrons. The summed E-state index contributed by atoms with van der Waals surface area (Å²) < 4.78 is 18.8. The largest absolute Gasteiger partial charge is 0.487 e. The van der Waals surface area contributed by atoms with E-state index in [4.69, 9.17) is 25.8 Å². The van der Waals surface area contributed by atoms with Crippen LogP contribution in [0.1, 0.15) is 16.7 Å². The molecule has 2 heterocycles. The van der Waals surface area contributed by atoms with E-state index in [0.717, 1.165) is 30.0 Å². The molecule has 0 N–H and O–H groups in total. The minimum Gasteiger partial charge on any atom is -0.487 e. The summed E-state index contributed by atoms with van der Waals surface area (Å²) >= 11 is 11.7. The van der Waals surface area contributed by atoms with Crippen molar-refractivity contribution in [1.82, 2.24) is 4.90 Å². The molecular weight excluding hydrogens is 716 g/mol. The summed E-state index contributed by atoms with van der Waals surface area (Å²) in [7, 11) is 0. The molecule has 0 aromatic heterocycles. The highest BCUT2D eigenvalue weighted by Gasteiger charge is 2.36. The minimum atomic E-state index is -0.378. The molecular formula is C25H16ClI2NO5S. The number of amides is 2. The van der Waals surface area contributed by atoms with Gasteiger partial charge in [-0.2, -0.15) is 0 Å². The van der Waals surface area contributed by atoms with Crippen LogP contribution >= 0.6 is 68.5 Å². The fourth-order valence-electron chi connectivity index (χ4n) is 3.60. The highest BCUT2D eigenvalue weighted by molar-refractivity contribution is 14.1. The molecule has 2 aliphatic heterocycles. The number of benzene rings is 3. The van der Waals surface area contributed by atoms with E-state index in [0.29, 0.717) is 39.3 Å². The zero-order valence-electron chi connectivity index (χ0n) is 17.9. The lowest BCUT2D eigenvalue weighted by molar-refractivity contribution is -0.123. The smallest absolute Gasteiger partial charge is 0.293 e. The van der Waals surface area contributed by atoms with Gasteiger partial charge in [-0.1, -0.05) is 41.9 Å². The monoisotopic (exact) mass is 731 g/mol. The van der Waals surface area contributed by atoms with Gasteiger partial charge in [-0.25, -0.2) is 0 Å². The Morgan fingerprint density at radius 2 is 1.80 bits per heavy atom. The van der Waals surface area contributed by atoms with Crippen LogP contribution in [-0.4, -0.2) is 22.8 Å². The van der Waals surface area contributed by atoms with Crippen molar-refractivity contribution in [3.63, 3.8) is 0 Å². The van der Waals surface area contributed by atoms with Gasteiger partial charge in [0.1, 0.15) is 12.4 Å². The Bertz CT molecular complexity index is 1370. The number of thioether (sulfide) groups is 1. The van der Waals surface area contributed by atoms with Crippen molar-refractivity contribution in [2.75, 3.05) is 6.79 Å². The number of carbonyl (C=O) groups excluding carboxylic acids is 2. The normalized spacial score (nSPS) is 15.9. The number of rotatable bonds is 6. The summed E-state index contributed by atoms with van der Waals surface area (Å²) in [5.41, 5.74) is 2.38. The van der Waals surface area contributed by atoms with Gasteiger partial charge in [-0.05, 0) is 92.3 Å². The van der Waals surface area contributed by atoms with E-state index in [1.807, 2.05) is 42.5 Å². The molecule has 10 heteroatoms. The molecule has 5 rings (SSSR count).